The number of rotatable bonds is 8. The van der Waals surface area contributed by atoms with Crippen LogP contribution in [0.3, 0.4) is 0 Å². The first-order valence-electron chi connectivity index (χ1n) is 9.56. The summed E-state index contributed by atoms with van der Waals surface area (Å²) in [5.41, 5.74) is 1.59. The maximum Gasteiger partial charge on any atom is 0.407 e. The van der Waals surface area contributed by atoms with E-state index in [1.54, 1.807) is 20.8 Å². The predicted molar refractivity (Wildman–Crippen MR) is 108 cm³/mol. The molecule has 1 amide bonds. The molecule has 0 fully saturated rings. The SMILES string of the molecule is CCCCc1nc2ccc(OC/C(=C\F)CNC(=O)OC(C)(C)C)cc2n1C. The molecule has 0 saturated heterocycles. The Bertz CT molecular complexity index is 837. The van der Waals surface area contributed by atoms with E-state index in [2.05, 4.69) is 21.8 Å². The highest BCUT2D eigenvalue weighted by Gasteiger charge is 2.16. The molecule has 1 heterocycles. The first-order valence-corrected chi connectivity index (χ1v) is 9.56. The number of amides is 1. The van der Waals surface area contributed by atoms with Gasteiger partial charge in [-0.3, -0.25) is 0 Å². The number of nitrogens with zero attached hydrogens (tertiary/aromatic N) is 2. The Hall–Kier alpha value is -2.57. The van der Waals surface area contributed by atoms with Gasteiger partial charge in [0.15, 0.2) is 0 Å². The number of hydrogen-bond donors (Lipinski definition) is 1. The number of nitrogens with one attached hydrogen (secondary N) is 1. The lowest BCUT2D eigenvalue weighted by Gasteiger charge is -2.20. The van der Waals surface area contributed by atoms with Crippen molar-refractivity contribution in [1.29, 1.82) is 0 Å². The van der Waals surface area contributed by atoms with Crippen LogP contribution in [0, 0.1) is 0 Å². The number of imidazole rings is 1. The number of unbranched alkanes of at least 4 members (excludes halogenated alkanes) is 1. The summed E-state index contributed by atoms with van der Waals surface area (Å²) in [6.45, 7) is 7.50. The minimum atomic E-state index is -0.603. The van der Waals surface area contributed by atoms with Gasteiger partial charge in [0, 0.05) is 31.7 Å². The van der Waals surface area contributed by atoms with Gasteiger partial charge in [-0.05, 0) is 39.3 Å². The molecule has 0 spiro atoms. The fourth-order valence-electron chi connectivity index (χ4n) is 2.66. The Morgan fingerprint density at radius 1 is 1.36 bits per heavy atom. The van der Waals surface area contributed by atoms with Gasteiger partial charge in [-0.25, -0.2) is 14.2 Å². The number of ether oxygens (including phenoxy) is 2. The molecule has 154 valence electrons. The molecule has 0 aliphatic carbocycles. The molecule has 0 bridgehead atoms. The number of hydrogen-bond acceptors (Lipinski definition) is 4. The lowest BCUT2D eigenvalue weighted by Crippen LogP contribution is -2.34. The van der Waals surface area contributed by atoms with Crippen molar-refractivity contribution in [2.75, 3.05) is 13.2 Å². The second-order valence-electron chi connectivity index (χ2n) is 7.75. The van der Waals surface area contributed by atoms with E-state index in [1.165, 1.54) is 0 Å². The number of carbonyl (C=O) groups excluding carboxylic acids is 1. The highest BCUT2D eigenvalue weighted by Crippen LogP contribution is 2.22. The smallest absolute Gasteiger partial charge is 0.407 e. The Balaban J connectivity index is 1.96. The van der Waals surface area contributed by atoms with Crippen LogP contribution in [-0.4, -0.2) is 34.4 Å². The molecule has 2 rings (SSSR count). The maximum absolute atomic E-state index is 13.1. The van der Waals surface area contributed by atoms with Crippen LogP contribution in [0.1, 0.15) is 46.4 Å². The highest BCUT2D eigenvalue weighted by molar-refractivity contribution is 5.77. The van der Waals surface area contributed by atoms with Gasteiger partial charge in [-0.15, -0.1) is 0 Å². The number of aromatic nitrogens is 2. The van der Waals surface area contributed by atoms with Crippen LogP contribution in [-0.2, 0) is 18.2 Å². The van der Waals surface area contributed by atoms with Gasteiger partial charge in [-0.1, -0.05) is 13.3 Å². The van der Waals surface area contributed by atoms with Crippen molar-refractivity contribution in [3.63, 3.8) is 0 Å². The van der Waals surface area contributed by atoms with Crippen LogP contribution in [0.2, 0.25) is 0 Å². The Kier molecular flexibility index (Phi) is 7.43. The monoisotopic (exact) mass is 391 g/mol. The Morgan fingerprint density at radius 2 is 2.11 bits per heavy atom. The third-order valence-corrected chi connectivity index (χ3v) is 4.14. The molecule has 0 saturated carbocycles. The lowest BCUT2D eigenvalue weighted by molar-refractivity contribution is 0.0531. The van der Waals surface area contributed by atoms with Crippen molar-refractivity contribution in [2.45, 2.75) is 52.6 Å². The second-order valence-corrected chi connectivity index (χ2v) is 7.75. The van der Waals surface area contributed by atoms with E-state index >= 15 is 0 Å². The molecule has 6 nitrogen and oxygen atoms in total. The molecule has 7 heteroatoms. The standard InChI is InChI=1S/C21H30FN3O3/c1-6-7-8-19-24-17-10-9-16(11-18(17)25(19)5)27-14-15(12-22)13-23-20(26)28-21(2,3)4/h9-12H,6-8,13-14H2,1-5H3,(H,23,26)/b15-12-. The van der Waals surface area contributed by atoms with Crippen LogP contribution in [0.5, 0.6) is 5.75 Å². The molecule has 0 unspecified atom stereocenters. The quantitative estimate of drug-likeness (QED) is 0.710. The van der Waals surface area contributed by atoms with Crippen molar-refractivity contribution in [1.82, 2.24) is 14.9 Å². The van der Waals surface area contributed by atoms with E-state index in [0.29, 0.717) is 17.7 Å². The van der Waals surface area contributed by atoms with E-state index in [4.69, 9.17) is 9.47 Å². The van der Waals surface area contributed by atoms with Gasteiger partial charge < -0.3 is 19.4 Å². The zero-order valence-corrected chi connectivity index (χ0v) is 17.3. The second kappa shape index (κ2) is 9.57. The van der Waals surface area contributed by atoms with Crippen LogP contribution >= 0.6 is 0 Å². The van der Waals surface area contributed by atoms with Gasteiger partial charge in [0.05, 0.1) is 17.4 Å². The third-order valence-electron chi connectivity index (χ3n) is 4.14. The molecule has 1 N–H and O–H groups in total. The van der Waals surface area contributed by atoms with Crippen LogP contribution in [0.25, 0.3) is 11.0 Å². The van der Waals surface area contributed by atoms with Gasteiger partial charge in [-0.2, -0.15) is 0 Å². The minimum Gasteiger partial charge on any atom is -0.489 e. The van der Waals surface area contributed by atoms with E-state index in [0.717, 1.165) is 36.1 Å². The van der Waals surface area contributed by atoms with E-state index in [9.17, 15) is 9.18 Å². The van der Waals surface area contributed by atoms with Gasteiger partial charge in [0.2, 0.25) is 0 Å². The molecular weight excluding hydrogens is 361 g/mol. The number of carbonyl (C=O) groups is 1. The van der Waals surface area contributed by atoms with Crippen molar-refractivity contribution < 1.29 is 18.7 Å². The summed E-state index contributed by atoms with van der Waals surface area (Å²) in [4.78, 5) is 16.3. The molecule has 0 atom stereocenters. The summed E-state index contributed by atoms with van der Waals surface area (Å²) >= 11 is 0. The number of fused-ring (bicyclic) bond motifs is 1. The molecular formula is C21H30FN3O3. The van der Waals surface area contributed by atoms with Crippen molar-refractivity contribution in [3.8, 4) is 5.75 Å². The zero-order valence-electron chi connectivity index (χ0n) is 17.3. The van der Waals surface area contributed by atoms with Crippen LogP contribution in [0.4, 0.5) is 9.18 Å². The summed E-state index contributed by atoms with van der Waals surface area (Å²) in [5, 5.41) is 2.52. The summed E-state index contributed by atoms with van der Waals surface area (Å²) in [6, 6.07) is 5.61. The number of alkyl carbamates (subject to hydrolysis) is 1. The number of aryl methyl sites for hydroxylation is 2. The summed E-state index contributed by atoms with van der Waals surface area (Å²) in [7, 11) is 1.99. The highest BCUT2D eigenvalue weighted by atomic mass is 19.1. The molecule has 1 aromatic carbocycles. The summed E-state index contributed by atoms with van der Waals surface area (Å²) in [5.74, 6) is 1.66. The molecule has 2 aromatic rings. The molecule has 28 heavy (non-hydrogen) atoms. The fraction of sp³-hybridized carbons (Fsp3) is 0.524. The zero-order chi connectivity index (χ0) is 20.7. The largest absolute Gasteiger partial charge is 0.489 e. The van der Waals surface area contributed by atoms with Gasteiger partial charge >= 0.3 is 6.09 Å². The summed E-state index contributed by atoms with van der Waals surface area (Å²) < 4.78 is 26.0. The molecule has 0 aliphatic heterocycles. The Labute approximate surface area is 165 Å². The van der Waals surface area contributed by atoms with E-state index in [-0.39, 0.29) is 13.2 Å². The van der Waals surface area contributed by atoms with E-state index < -0.39 is 11.7 Å². The fourth-order valence-corrected chi connectivity index (χ4v) is 2.66. The first kappa shape index (κ1) is 21.7. The predicted octanol–water partition coefficient (Wildman–Crippen LogP) is 4.67. The van der Waals surface area contributed by atoms with E-state index in [1.807, 2.05) is 25.2 Å². The average Bonchev–Trinajstić information content (AvgIpc) is 2.94. The number of halogens is 1. The summed E-state index contributed by atoms with van der Waals surface area (Å²) in [6.07, 6.45) is 3.00. The Morgan fingerprint density at radius 3 is 2.75 bits per heavy atom. The van der Waals surface area contributed by atoms with Crippen molar-refractivity contribution in [2.24, 2.45) is 7.05 Å². The minimum absolute atomic E-state index is 0.0144. The van der Waals surface area contributed by atoms with Crippen molar-refractivity contribution >= 4 is 17.1 Å². The van der Waals surface area contributed by atoms with Crippen molar-refractivity contribution in [3.05, 3.63) is 35.9 Å². The maximum atomic E-state index is 13.1. The van der Waals surface area contributed by atoms with Crippen LogP contribution < -0.4 is 10.1 Å². The average molecular weight is 391 g/mol. The van der Waals surface area contributed by atoms with Gasteiger partial charge in [0.1, 0.15) is 23.8 Å². The van der Waals surface area contributed by atoms with Crippen LogP contribution in [0.15, 0.2) is 30.1 Å². The van der Waals surface area contributed by atoms with Gasteiger partial charge in [0.25, 0.3) is 0 Å². The number of benzene rings is 1. The third kappa shape index (κ3) is 6.25. The molecule has 0 radical (unpaired) electrons. The lowest BCUT2D eigenvalue weighted by atomic mass is 10.2. The first-order chi connectivity index (χ1) is 13.2. The molecule has 1 aromatic heterocycles. The normalized spacial score (nSPS) is 12.3. The topological polar surface area (TPSA) is 65.4 Å². The molecule has 0 aliphatic rings.